The van der Waals surface area contributed by atoms with Crippen molar-refractivity contribution in [2.24, 2.45) is 11.7 Å². The zero-order chi connectivity index (χ0) is 8.27. The smallest absolute Gasteiger partial charge is 0.166 e. The fraction of sp³-hybridized carbons (Fsp3) is 0.875. The van der Waals surface area contributed by atoms with Crippen molar-refractivity contribution in [1.82, 2.24) is 4.90 Å². The van der Waals surface area contributed by atoms with Crippen LogP contribution in [0.1, 0.15) is 26.2 Å². The van der Waals surface area contributed by atoms with Crippen molar-refractivity contribution >= 4 is 17.3 Å². The Hall–Kier alpha value is -0.310. The predicted molar refractivity (Wildman–Crippen MR) is 51.4 cm³/mol. The van der Waals surface area contributed by atoms with E-state index in [0.717, 1.165) is 19.0 Å². The third-order valence-electron chi connectivity index (χ3n) is 2.29. The van der Waals surface area contributed by atoms with Crippen LogP contribution in [0.4, 0.5) is 0 Å². The first-order valence-electron chi connectivity index (χ1n) is 4.28. The molecule has 1 saturated heterocycles. The molecule has 2 N–H and O–H groups in total. The maximum atomic E-state index is 5.51. The van der Waals surface area contributed by atoms with E-state index >= 15 is 0 Å². The monoisotopic (exact) mass is 172 g/mol. The lowest BCUT2D eigenvalue weighted by molar-refractivity contribution is 0.460. The minimum absolute atomic E-state index is 0.573. The predicted octanol–water partition coefficient (Wildman–Crippen LogP) is 1.35. The molecule has 0 aromatic heterocycles. The quantitative estimate of drug-likeness (QED) is 0.638. The van der Waals surface area contributed by atoms with Gasteiger partial charge in [-0.1, -0.05) is 13.3 Å². The Morgan fingerprint density at radius 3 is 2.91 bits per heavy atom. The van der Waals surface area contributed by atoms with Gasteiger partial charge < -0.3 is 10.6 Å². The minimum Gasteiger partial charge on any atom is -0.376 e. The summed E-state index contributed by atoms with van der Waals surface area (Å²) >= 11 is 4.90. The highest BCUT2D eigenvalue weighted by atomic mass is 32.1. The number of thiocarbonyl (C=S) groups is 1. The van der Waals surface area contributed by atoms with Gasteiger partial charge >= 0.3 is 0 Å². The lowest BCUT2D eigenvalue weighted by Crippen LogP contribution is -2.33. The van der Waals surface area contributed by atoms with Crippen molar-refractivity contribution in [3.63, 3.8) is 0 Å². The second kappa shape index (κ2) is 3.90. The van der Waals surface area contributed by atoms with Crippen LogP contribution in [-0.4, -0.2) is 23.1 Å². The molecule has 1 aliphatic rings. The van der Waals surface area contributed by atoms with Gasteiger partial charge in [-0.25, -0.2) is 0 Å². The fourth-order valence-electron chi connectivity index (χ4n) is 1.68. The number of nitrogens with two attached hydrogens (primary N) is 1. The Kier molecular flexibility index (Phi) is 3.12. The van der Waals surface area contributed by atoms with E-state index in [1.54, 1.807) is 0 Å². The van der Waals surface area contributed by atoms with E-state index in [1.165, 1.54) is 19.3 Å². The van der Waals surface area contributed by atoms with Crippen LogP contribution in [0.5, 0.6) is 0 Å². The van der Waals surface area contributed by atoms with Crippen LogP contribution >= 0.6 is 12.2 Å². The first kappa shape index (κ1) is 8.78. The van der Waals surface area contributed by atoms with Gasteiger partial charge in [0.25, 0.3) is 0 Å². The van der Waals surface area contributed by atoms with Gasteiger partial charge in [0.15, 0.2) is 5.11 Å². The van der Waals surface area contributed by atoms with Gasteiger partial charge in [0.1, 0.15) is 0 Å². The maximum absolute atomic E-state index is 5.51. The average molecular weight is 172 g/mol. The Labute approximate surface area is 73.7 Å². The number of likely N-dealkylation sites (tertiary alicyclic amines) is 1. The molecule has 1 unspecified atom stereocenters. The Balaban J connectivity index is 2.29. The SMILES string of the molecule is CCCC1CCN(C(N)=S)C1. The van der Waals surface area contributed by atoms with E-state index in [4.69, 9.17) is 18.0 Å². The molecular formula is C8H16N2S. The normalized spacial score (nSPS) is 24.1. The van der Waals surface area contributed by atoms with Crippen molar-refractivity contribution < 1.29 is 0 Å². The van der Waals surface area contributed by atoms with E-state index < -0.39 is 0 Å². The lowest BCUT2D eigenvalue weighted by atomic mass is 10.0. The molecule has 11 heavy (non-hydrogen) atoms. The highest BCUT2D eigenvalue weighted by Crippen LogP contribution is 2.20. The molecule has 1 fully saturated rings. The summed E-state index contributed by atoms with van der Waals surface area (Å²) in [6.45, 7) is 4.38. The zero-order valence-corrected chi connectivity index (χ0v) is 7.86. The van der Waals surface area contributed by atoms with Gasteiger partial charge in [0, 0.05) is 13.1 Å². The van der Waals surface area contributed by atoms with E-state index in [-0.39, 0.29) is 0 Å². The van der Waals surface area contributed by atoms with Crippen molar-refractivity contribution in [2.45, 2.75) is 26.2 Å². The van der Waals surface area contributed by atoms with Crippen LogP contribution in [0.2, 0.25) is 0 Å². The first-order valence-corrected chi connectivity index (χ1v) is 4.69. The lowest BCUT2D eigenvalue weighted by Gasteiger charge is -2.15. The maximum Gasteiger partial charge on any atom is 0.166 e. The molecule has 1 atom stereocenters. The summed E-state index contributed by atoms with van der Waals surface area (Å²) in [6, 6.07) is 0. The molecule has 0 spiro atoms. The second-order valence-corrected chi connectivity index (χ2v) is 3.65. The van der Waals surface area contributed by atoms with Gasteiger partial charge in [0.2, 0.25) is 0 Å². The van der Waals surface area contributed by atoms with Gasteiger partial charge in [-0.2, -0.15) is 0 Å². The van der Waals surface area contributed by atoms with E-state index in [0.29, 0.717) is 5.11 Å². The van der Waals surface area contributed by atoms with Gasteiger partial charge in [-0.3, -0.25) is 0 Å². The molecule has 3 heteroatoms. The largest absolute Gasteiger partial charge is 0.376 e. The van der Waals surface area contributed by atoms with E-state index in [2.05, 4.69) is 11.8 Å². The molecular weight excluding hydrogens is 156 g/mol. The third kappa shape index (κ3) is 2.33. The topological polar surface area (TPSA) is 29.3 Å². The zero-order valence-electron chi connectivity index (χ0n) is 7.05. The number of nitrogens with zero attached hydrogens (tertiary/aromatic N) is 1. The molecule has 0 aliphatic carbocycles. The second-order valence-electron chi connectivity index (χ2n) is 3.23. The highest BCUT2D eigenvalue weighted by Gasteiger charge is 2.21. The molecule has 0 bridgehead atoms. The molecule has 1 heterocycles. The van der Waals surface area contributed by atoms with Crippen LogP contribution in [-0.2, 0) is 0 Å². The van der Waals surface area contributed by atoms with Crippen LogP contribution < -0.4 is 5.73 Å². The van der Waals surface area contributed by atoms with Crippen molar-refractivity contribution in [1.29, 1.82) is 0 Å². The molecule has 64 valence electrons. The van der Waals surface area contributed by atoms with E-state index in [1.807, 2.05) is 0 Å². The van der Waals surface area contributed by atoms with Crippen molar-refractivity contribution in [3.8, 4) is 0 Å². The first-order chi connectivity index (χ1) is 5.24. The van der Waals surface area contributed by atoms with Gasteiger partial charge in [0.05, 0.1) is 0 Å². The van der Waals surface area contributed by atoms with Crippen LogP contribution in [0, 0.1) is 5.92 Å². The molecule has 1 rings (SSSR count). The molecule has 0 amide bonds. The van der Waals surface area contributed by atoms with Gasteiger partial charge in [-0.05, 0) is 31.0 Å². The summed E-state index contributed by atoms with van der Waals surface area (Å²) in [6.07, 6.45) is 3.86. The van der Waals surface area contributed by atoms with Crippen LogP contribution in [0.25, 0.3) is 0 Å². The summed E-state index contributed by atoms with van der Waals surface area (Å²) in [4.78, 5) is 2.11. The number of rotatable bonds is 2. The summed E-state index contributed by atoms with van der Waals surface area (Å²) < 4.78 is 0. The van der Waals surface area contributed by atoms with Crippen LogP contribution in [0.15, 0.2) is 0 Å². The summed E-state index contributed by atoms with van der Waals surface area (Å²) in [5, 5.41) is 0.573. The molecule has 0 radical (unpaired) electrons. The summed E-state index contributed by atoms with van der Waals surface area (Å²) in [5.74, 6) is 0.835. The molecule has 0 saturated carbocycles. The summed E-state index contributed by atoms with van der Waals surface area (Å²) in [5.41, 5.74) is 5.51. The third-order valence-corrected chi connectivity index (χ3v) is 2.55. The van der Waals surface area contributed by atoms with Crippen molar-refractivity contribution in [2.75, 3.05) is 13.1 Å². The van der Waals surface area contributed by atoms with E-state index in [9.17, 15) is 0 Å². The number of hydrogen-bond donors (Lipinski definition) is 1. The number of hydrogen-bond acceptors (Lipinski definition) is 1. The molecule has 2 nitrogen and oxygen atoms in total. The fourth-order valence-corrected chi connectivity index (χ4v) is 1.84. The molecule has 0 aromatic rings. The standard InChI is InChI=1S/C8H16N2S/c1-2-3-7-4-5-10(6-7)8(9)11/h7H,2-6H2,1H3,(H2,9,11). The van der Waals surface area contributed by atoms with Gasteiger partial charge in [-0.15, -0.1) is 0 Å². The summed E-state index contributed by atoms with van der Waals surface area (Å²) in [7, 11) is 0. The molecule has 0 aromatic carbocycles. The molecule has 1 aliphatic heterocycles. The van der Waals surface area contributed by atoms with Crippen molar-refractivity contribution in [3.05, 3.63) is 0 Å². The average Bonchev–Trinajstić information content (AvgIpc) is 2.37. The Morgan fingerprint density at radius 1 is 1.73 bits per heavy atom. The van der Waals surface area contributed by atoms with Crippen LogP contribution in [0.3, 0.4) is 0 Å². The Bertz CT molecular complexity index is 147. The highest BCUT2D eigenvalue weighted by molar-refractivity contribution is 7.80. The Morgan fingerprint density at radius 2 is 2.45 bits per heavy atom. The minimum atomic E-state index is 0.573.